The highest BCUT2D eigenvalue weighted by Crippen LogP contribution is 2.60. The largest absolute Gasteiger partial charge is 0.508 e. The Kier molecular flexibility index (Phi) is 4.37. The van der Waals surface area contributed by atoms with E-state index in [1.54, 1.807) is 0 Å². The minimum absolute atomic E-state index is 0.177. The average molecular weight is 391 g/mol. The van der Waals surface area contributed by atoms with Gasteiger partial charge < -0.3 is 5.11 Å². The summed E-state index contributed by atoms with van der Waals surface area (Å²) in [4.78, 5) is 0. The zero-order chi connectivity index (χ0) is 20.2. The SMILES string of the molecule is Cc1nn(C)cc1/C=N\N=C1\CC[C@@H]2[C@@H]3CCc4cc(O)ccc4[C@H]3CC[C@]12C. The van der Waals surface area contributed by atoms with Gasteiger partial charge in [0, 0.05) is 29.9 Å². The van der Waals surface area contributed by atoms with Crippen LogP contribution in [0.4, 0.5) is 0 Å². The van der Waals surface area contributed by atoms with Gasteiger partial charge in [0.05, 0.1) is 11.9 Å². The van der Waals surface area contributed by atoms with E-state index in [1.165, 1.54) is 42.5 Å². The summed E-state index contributed by atoms with van der Waals surface area (Å²) in [5.74, 6) is 2.46. The van der Waals surface area contributed by atoms with Crippen LogP contribution in [0.3, 0.4) is 0 Å². The van der Waals surface area contributed by atoms with E-state index < -0.39 is 0 Å². The first-order chi connectivity index (χ1) is 14.0. The Bertz CT molecular complexity index is 1000. The van der Waals surface area contributed by atoms with Crippen LogP contribution < -0.4 is 0 Å². The molecule has 29 heavy (non-hydrogen) atoms. The molecule has 4 atom stereocenters. The highest BCUT2D eigenvalue weighted by Gasteiger charge is 2.53. The van der Waals surface area contributed by atoms with Gasteiger partial charge in [-0.3, -0.25) is 4.68 Å². The van der Waals surface area contributed by atoms with Gasteiger partial charge in [-0.05, 0) is 86.5 Å². The summed E-state index contributed by atoms with van der Waals surface area (Å²) in [5, 5.41) is 23.4. The predicted octanol–water partition coefficient (Wildman–Crippen LogP) is 4.77. The van der Waals surface area contributed by atoms with Gasteiger partial charge in [0.2, 0.25) is 0 Å². The second-order valence-electron chi connectivity index (χ2n) is 9.43. The summed E-state index contributed by atoms with van der Waals surface area (Å²) >= 11 is 0. The fraction of sp³-hybridized carbons (Fsp3) is 0.542. The van der Waals surface area contributed by atoms with Crippen molar-refractivity contribution in [1.82, 2.24) is 9.78 Å². The van der Waals surface area contributed by atoms with Crippen molar-refractivity contribution in [3.63, 3.8) is 0 Å². The average Bonchev–Trinajstić information content (AvgIpc) is 3.19. The first-order valence-corrected chi connectivity index (χ1v) is 10.9. The number of aromatic nitrogens is 2. The minimum atomic E-state index is 0.177. The molecule has 2 aromatic rings. The molecule has 1 aromatic heterocycles. The maximum absolute atomic E-state index is 9.86. The number of benzene rings is 1. The summed E-state index contributed by atoms with van der Waals surface area (Å²) in [6.07, 6.45) is 10.8. The van der Waals surface area contributed by atoms with Crippen molar-refractivity contribution < 1.29 is 5.11 Å². The molecule has 0 aliphatic heterocycles. The van der Waals surface area contributed by atoms with Gasteiger partial charge in [-0.2, -0.15) is 15.3 Å². The second kappa shape index (κ2) is 6.82. The van der Waals surface area contributed by atoms with Crippen molar-refractivity contribution in [2.45, 2.75) is 58.3 Å². The van der Waals surface area contributed by atoms with Crippen molar-refractivity contribution in [2.24, 2.45) is 34.5 Å². The Labute approximate surface area is 172 Å². The van der Waals surface area contributed by atoms with E-state index in [0.717, 1.165) is 30.0 Å². The van der Waals surface area contributed by atoms with E-state index in [9.17, 15) is 5.11 Å². The number of rotatable bonds is 2. The van der Waals surface area contributed by atoms with Gasteiger partial charge in [-0.25, -0.2) is 0 Å². The molecule has 2 saturated carbocycles. The molecule has 1 aromatic carbocycles. The van der Waals surface area contributed by atoms with Crippen LogP contribution in [0.1, 0.15) is 67.3 Å². The first kappa shape index (κ1) is 18.6. The Hall–Kier alpha value is -2.43. The lowest BCUT2D eigenvalue weighted by Gasteiger charge is -2.49. The van der Waals surface area contributed by atoms with Crippen LogP contribution in [0.15, 0.2) is 34.6 Å². The van der Waals surface area contributed by atoms with Gasteiger partial charge >= 0.3 is 0 Å². The Morgan fingerprint density at radius 2 is 2.10 bits per heavy atom. The monoisotopic (exact) mass is 390 g/mol. The highest BCUT2D eigenvalue weighted by atomic mass is 16.3. The molecule has 0 spiro atoms. The van der Waals surface area contributed by atoms with Gasteiger partial charge in [-0.1, -0.05) is 13.0 Å². The van der Waals surface area contributed by atoms with Crippen molar-refractivity contribution in [3.05, 3.63) is 46.8 Å². The Balaban J connectivity index is 1.39. The molecule has 3 aliphatic carbocycles. The standard InChI is InChI=1S/C24H30N4O/c1-15-17(14-28(3)27-15)13-25-26-23-9-8-22-21-6-4-16-12-18(29)5-7-19(16)20(21)10-11-24(22,23)2/h5,7,12-14,20-22,29H,4,6,8-11H2,1-3H3/b25-13-,26-23-/t20-,21-,22-,24+/m1/s1. The third-order valence-electron chi connectivity index (χ3n) is 7.88. The summed E-state index contributed by atoms with van der Waals surface area (Å²) in [6.45, 7) is 4.43. The summed E-state index contributed by atoms with van der Waals surface area (Å²) in [7, 11) is 1.93. The first-order valence-electron chi connectivity index (χ1n) is 10.9. The van der Waals surface area contributed by atoms with Crippen LogP contribution in [0, 0.1) is 24.2 Å². The summed E-state index contributed by atoms with van der Waals surface area (Å²) in [5.41, 5.74) is 6.33. The van der Waals surface area contributed by atoms with E-state index in [1.807, 2.05) is 43.2 Å². The van der Waals surface area contributed by atoms with Crippen LogP contribution in [-0.4, -0.2) is 26.8 Å². The molecule has 5 rings (SSSR count). The lowest BCUT2D eigenvalue weighted by atomic mass is 9.55. The highest BCUT2D eigenvalue weighted by molar-refractivity contribution is 5.93. The van der Waals surface area contributed by atoms with Crippen LogP contribution in [0.5, 0.6) is 5.75 Å². The van der Waals surface area contributed by atoms with Gasteiger partial charge in [0.15, 0.2) is 0 Å². The molecule has 3 aliphatic rings. The third kappa shape index (κ3) is 3.02. The molecule has 0 saturated heterocycles. The number of aromatic hydroxyl groups is 1. The molecule has 5 heteroatoms. The maximum Gasteiger partial charge on any atom is 0.115 e. The molecule has 1 N–H and O–H groups in total. The van der Waals surface area contributed by atoms with Crippen molar-refractivity contribution in [1.29, 1.82) is 0 Å². The fourth-order valence-corrected chi connectivity index (χ4v) is 6.43. The number of hydrogen-bond donors (Lipinski definition) is 1. The van der Waals surface area contributed by atoms with Gasteiger partial charge in [0.1, 0.15) is 5.75 Å². The molecule has 1 heterocycles. The van der Waals surface area contributed by atoms with E-state index in [4.69, 9.17) is 5.10 Å². The molecule has 0 radical (unpaired) electrons. The normalized spacial score (nSPS) is 32.4. The molecule has 2 fully saturated rings. The van der Waals surface area contributed by atoms with Gasteiger partial charge in [-0.15, -0.1) is 0 Å². The topological polar surface area (TPSA) is 62.8 Å². The Morgan fingerprint density at radius 1 is 1.24 bits per heavy atom. The summed E-state index contributed by atoms with van der Waals surface area (Å²) < 4.78 is 1.82. The molecule has 5 nitrogen and oxygen atoms in total. The molecule has 0 unspecified atom stereocenters. The quantitative estimate of drug-likeness (QED) is 0.593. The molecule has 0 bridgehead atoms. The van der Waals surface area contributed by atoms with Crippen LogP contribution in [-0.2, 0) is 13.5 Å². The molecule has 152 valence electrons. The smallest absolute Gasteiger partial charge is 0.115 e. The number of phenols is 1. The van der Waals surface area contributed by atoms with Crippen molar-refractivity contribution in [3.8, 4) is 5.75 Å². The summed E-state index contributed by atoms with van der Waals surface area (Å²) in [6, 6.07) is 6.02. The fourth-order valence-electron chi connectivity index (χ4n) is 6.43. The predicted molar refractivity (Wildman–Crippen MR) is 116 cm³/mol. The van der Waals surface area contributed by atoms with Crippen LogP contribution >= 0.6 is 0 Å². The van der Waals surface area contributed by atoms with Gasteiger partial charge in [0.25, 0.3) is 0 Å². The number of nitrogens with zero attached hydrogens (tertiary/aromatic N) is 4. The van der Waals surface area contributed by atoms with Crippen molar-refractivity contribution >= 4 is 11.9 Å². The lowest BCUT2D eigenvalue weighted by Crippen LogP contribution is -2.42. The maximum atomic E-state index is 9.86. The Morgan fingerprint density at radius 3 is 2.90 bits per heavy atom. The molecule has 0 amide bonds. The molecular weight excluding hydrogens is 360 g/mol. The minimum Gasteiger partial charge on any atom is -0.508 e. The van der Waals surface area contributed by atoms with E-state index in [2.05, 4.69) is 23.2 Å². The zero-order valence-corrected chi connectivity index (χ0v) is 17.6. The van der Waals surface area contributed by atoms with Crippen molar-refractivity contribution in [2.75, 3.05) is 0 Å². The van der Waals surface area contributed by atoms with E-state index in [0.29, 0.717) is 17.6 Å². The number of phenolic OH excluding ortho intramolecular Hbond substituents is 1. The zero-order valence-electron chi connectivity index (χ0n) is 17.6. The second-order valence-corrected chi connectivity index (χ2v) is 9.43. The number of aryl methyl sites for hydroxylation is 3. The van der Waals surface area contributed by atoms with E-state index >= 15 is 0 Å². The molecular formula is C24H30N4O. The third-order valence-corrected chi connectivity index (χ3v) is 7.88. The van der Waals surface area contributed by atoms with E-state index in [-0.39, 0.29) is 5.41 Å². The van der Waals surface area contributed by atoms with Crippen LogP contribution in [0.2, 0.25) is 0 Å². The van der Waals surface area contributed by atoms with Crippen LogP contribution in [0.25, 0.3) is 0 Å². The lowest BCUT2D eigenvalue weighted by molar-refractivity contribution is 0.0955. The number of hydrogen-bond acceptors (Lipinski definition) is 4. The number of fused-ring (bicyclic) bond motifs is 5.